The SMILES string of the molecule is Cc1cccc(N2CCNC(CN(C)C)C2=O)c1C. The average Bonchev–Trinajstić information content (AvgIpc) is 2.35. The monoisotopic (exact) mass is 261 g/mol. The molecule has 1 heterocycles. The summed E-state index contributed by atoms with van der Waals surface area (Å²) in [7, 11) is 3.98. The number of aryl methyl sites for hydroxylation is 1. The molecule has 0 bridgehead atoms. The Balaban J connectivity index is 2.24. The van der Waals surface area contributed by atoms with E-state index in [1.165, 1.54) is 11.1 Å². The molecule has 1 saturated heterocycles. The largest absolute Gasteiger partial charge is 0.309 e. The van der Waals surface area contributed by atoms with E-state index in [1.54, 1.807) is 0 Å². The van der Waals surface area contributed by atoms with Crippen LogP contribution in [0.15, 0.2) is 18.2 Å². The van der Waals surface area contributed by atoms with Crippen LogP contribution in [0.1, 0.15) is 11.1 Å². The molecule has 1 atom stereocenters. The van der Waals surface area contributed by atoms with E-state index in [1.807, 2.05) is 36.0 Å². The molecule has 1 fully saturated rings. The van der Waals surface area contributed by atoms with E-state index in [0.717, 1.165) is 25.3 Å². The van der Waals surface area contributed by atoms with Crippen molar-refractivity contribution in [3.8, 4) is 0 Å². The van der Waals surface area contributed by atoms with Crippen LogP contribution in [0, 0.1) is 13.8 Å². The molecular formula is C15H23N3O. The highest BCUT2D eigenvalue weighted by atomic mass is 16.2. The Hall–Kier alpha value is -1.39. The Bertz CT molecular complexity index is 470. The van der Waals surface area contributed by atoms with Crippen LogP contribution in [0.3, 0.4) is 0 Å². The van der Waals surface area contributed by atoms with Gasteiger partial charge in [0.2, 0.25) is 5.91 Å². The Kier molecular flexibility index (Phi) is 4.22. The van der Waals surface area contributed by atoms with Crippen LogP contribution >= 0.6 is 0 Å². The van der Waals surface area contributed by atoms with Crippen molar-refractivity contribution in [2.45, 2.75) is 19.9 Å². The van der Waals surface area contributed by atoms with Crippen molar-refractivity contribution in [2.75, 3.05) is 38.6 Å². The molecule has 1 aliphatic heterocycles. The molecule has 1 N–H and O–H groups in total. The van der Waals surface area contributed by atoms with Crippen LogP contribution in [0.4, 0.5) is 5.69 Å². The van der Waals surface area contributed by atoms with Gasteiger partial charge in [-0.25, -0.2) is 0 Å². The minimum atomic E-state index is -0.108. The quantitative estimate of drug-likeness (QED) is 0.887. The Morgan fingerprint density at radius 2 is 2.11 bits per heavy atom. The van der Waals surface area contributed by atoms with Gasteiger partial charge in [0.25, 0.3) is 0 Å². The zero-order chi connectivity index (χ0) is 14.0. The number of nitrogens with one attached hydrogen (secondary N) is 1. The zero-order valence-corrected chi connectivity index (χ0v) is 12.2. The number of nitrogens with zero attached hydrogens (tertiary/aromatic N) is 2. The molecule has 1 aliphatic rings. The highest BCUT2D eigenvalue weighted by Crippen LogP contribution is 2.24. The van der Waals surface area contributed by atoms with Gasteiger partial charge in [-0.15, -0.1) is 0 Å². The van der Waals surface area contributed by atoms with Gasteiger partial charge in [-0.1, -0.05) is 12.1 Å². The molecule has 1 aromatic carbocycles. The van der Waals surface area contributed by atoms with Crippen LogP contribution in [-0.2, 0) is 4.79 Å². The second-order valence-electron chi connectivity index (χ2n) is 5.48. The zero-order valence-electron chi connectivity index (χ0n) is 12.2. The van der Waals surface area contributed by atoms with E-state index in [9.17, 15) is 4.79 Å². The van der Waals surface area contributed by atoms with Crippen molar-refractivity contribution in [1.82, 2.24) is 10.2 Å². The number of anilines is 1. The third kappa shape index (κ3) is 2.96. The molecule has 0 aromatic heterocycles. The molecule has 0 spiro atoms. The van der Waals surface area contributed by atoms with E-state index >= 15 is 0 Å². The van der Waals surface area contributed by atoms with E-state index in [4.69, 9.17) is 0 Å². The average molecular weight is 261 g/mol. The number of rotatable bonds is 3. The Labute approximate surface area is 115 Å². The van der Waals surface area contributed by atoms with Crippen LogP contribution < -0.4 is 10.2 Å². The molecule has 4 nitrogen and oxygen atoms in total. The maximum atomic E-state index is 12.6. The van der Waals surface area contributed by atoms with Crippen LogP contribution in [0.2, 0.25) is 0 Å². The van der Waals surface area contributed by atoms with Crippen LogP contribution in [0.5, 0.6) is 0 Å². The molecule has 1 aromatic rings. The summed E-state index contributed by atoms with van der Waals surface area (Å²) in [5, 5.41) is 3.30. The summed E-state index contributed by atoms with van der Waals surface area (Å²) in [6.07, 6.45) is 0. The maximum absolute atomic E-state index is 12.6. The van der Waals surface area contributed by atoms with E-state index < -0.39 is 0 Å². The fourth-order valence-electron chi connectivity index (χ4n) is 2.51. The number of piperazine rings is 1. The maximum Gasteiger partial charge on any atom is 0.245 e. The molecule has 0 saturated carbocycles. The summed E-state index contributed by atoms with van der Waals surface area (Å²) in [6, 6.07) is 6.04. The van der Waals surface area contributed by atoms with Gasteiger partial charge in [-0.3, -0.25) is 4.79 Å². The van der Waals surface area contributed by atoms with E-state index in [-0.39, 0.29) is 11.9 Å². The minimum absolute atomic E-state index is 0.108. The Morgan fingerprint density at radius 1 is 1.37 bits per heavy atom. The lowest BCUT2D eigenvalue weighted by atomic mass is 10.1. The molecule has 0 radical (unpaired) electrons. The van der Waals surface area contributed by atoms with Gasteiger partial charge in [0.05, 0.1) is 0 Å². The molecule has 4 heteroatoms. The van der Waals surface area contributed by atoms with Gasteiger partial charge >= 0.3 is 0 Å². The first kappa shape index (κ1) is 14.0. The summed E-state index contributed by atoms with van der Waals surface area (Å²) < 4.78 is 0. The molecular weight excluding hydrogens is 238 g/mol. The van der Waals surface area contributed by atoms with Crippen molar-refractivity contribution in [3.63, 3.8) is 0 Å². The first-order valence-corrected chi connectivity index (χ1v) is 6.76. The lowest BCUT2D eigenvalue weighted by Crippen LogP contribution is -2.58. The number of hydrogen-bond donors (Lipinski definition) is 1. The molecule has 2 rings (SSSR count). The van der Waals surface area contributed by atoms with Gasteiger partial charge in [0, 0.05) is 25.3 Å². The van der Waals surface area contributed by atoms with Gasteiger partial charge < -0.3 is 15.1 Å². The summed E-state index contributed by atoms with van der Waals surface area (Å²) >= 11 is 0. The third-order valence-electron chi connectivity index (χ3n) is 3.70. The van der Waals surface area contributed by atoms with Gasteiger partial charge in [-0.2, -0.15) is 0 Å². The first-order valence-electron chi connectivity index (χ1n) is 6.76. The number of carbonyl (C=O) groups is 1. The topological polar surface area (TPSA) is 35.6 Å². The highest BCUT2D eigenvalue weighted by Gasteiger charge is 2.30. The standard InChI is InChI=1S/C15H23N3O/c1-11-6-5-7-14(12(11)2)18-9-8-16-13(15(18)19)10-17(3)4/h5-7,13,16H,8-10H2,1-4H3. The fourth-order valence-corrected chi connectivity index (χ4v) is 2.51. The number of amides is 1. The van der Waals surface area contributed by atoms with E-state index in [0.29, 0.717) is 0 Å². The van der Waals surface area contributed by atoms with Crippen LogP contribution in [0.25, 0.3) is 0 Å². The number of carbonyl (C=O) groups excluding carboxylic acids is 1. The number of benzene rings is 1. The van der Waals surface area contributed by atoms with Crippen molar-refractivity contribution in [1.29, 1.82) is 0 Å². The minimum Gasteiger partial charge on any atom is -0.309 e. The van der Waals surface area contributed by atoms with Crippen molar-refractivity contribution < 1.29 is 4.79 Å². The number of hydrogen-bond acceptors (Lipinski definition) is 3. The van der Waals surface area contributed by atoms with Crippen LogP contribution in [-0.4, -0.2) is 50.6 Å². The molecule has 1 unspecified atom stereocenters. The van der Waals surface area contributed by atoms with Gasteiger partial charge in [0.15, 0.2) is 0 Å². The van der Waals surface area contributed by atoms with Crippen molar-refractivity contribution in [2.24, 2.45) is 0 Å². The second-order valence-corrected chi connectivity index (χ2v) is 5.48. The first-order chi connectivity index (χ1) is 9.00. The lowest BCUT2D eigenvalue weighted by molar-refractivity contribution is -0.121. The summed E-state index contributed by atoms with van der Waals surface area (Å²) in [5.74, 6) is 0.175. The predicted molar refractivity (Wildman–Crippen MR) is 78.6 cm³/mol. The number of likely N-dealkylation sites (N-methyl/N-ethyl adjacent to an activating group) is 1. The highest BCUT2D eigenvalue weighted by molar-refractivity contribution is 5.98. The second kappa shape index (κ2) is 5.72. The smallest absolute Gasteiger partial charge is 0.245 e. The molecule has 19 heavy (non-hydrogen) atoms. The normalized spacial score (nSPS) is 20.2. The predicted octanol–water partition coefficient (Wildman–Crippen LogP) is 1.17. The summed E-state index contributed by atoms with van der Waals surface area (Å²) in [6.45, 7) is 6.49. The fraction of sp³-hybridized carbons (Fsp3) is 0.533. The van der Waals surface area contributed by atoms with Crippen molar-refractivity contribution in [3.05, 3.63) is 29.3 Å². The Morgan fingerprint density at radius 3 is 2.79 bits per heavy atom. The lowest BCUT2D eigenvalue weighted by Gasteiger charge is -2.35. The van der Waals surface area contributed by atoms with Crippen molar-refractivity contribution >= 4 is 11.6 Å². The molecule has 1 amide bonds. The third-order valence-corrected chi connectivity index (χ3v) is 3.70. The van der Waals surface area contributed by atoms with Gasteiger partial charge in [0.1, 0.15) is 6.04 Å². The molecule has 104 valence electrons. The summed E-state index contributed by atoms with van der Waals surface area (Å²) in [4.78, 5) is 16.5. The van der Waals surface area contributed by atoms with Gasteiger partial charge in [-0.05, 0) is 45.1 Å². The summed E-state index contributed by atoms with van der Waals surface area (Å²) in [5.41, 5.74) is 3.48. The molecule has 0 aliphatic carbocycles. The van der Waals surface area contributed by atoms with E-state index in [2.05, 4.69) is 25.2 Å².